The van der Waals surface area contributed by atoms with Crippen LogP contribution in [0.25, 0.3) is 0 Å². The van der Waals surface area contributed by atoms with E-state index in [1.54, 1.807) is 0 Å². The highest BCUT2D eigenvalue weighted by molar-refractivity contribution is 9.09. The average Bonchev–Trinajstić information content (AvgIpc) is 2.15. The first-order valence-electron chi connectivity index (χ1n) is 5.10. The van der Waals surface area contributed by atoms with Crippen LogP contribution in [0.1, 0.15) is 33.6 Å². The minimum atomic E-state index is -2.82. The Labute approximate surface area is 95.2 Å². The van der Waals surface area contributed by atoms with Crippen molar-refractivity contribution in [3.05, 3.63) is 0 Å². The van der Waals surface area contributed by atoms with Gasteiger partial charge in [0.1, 0.15) is 0 Å². The molecule has 0 fully saturated rings. The summed E-state index contributed by atoms with van der Waals surface area (Å²) in [5.74, 6) is 0. The van der Waals surface area contributed by atoms with Crippen LogP contribution in [0.4, 0.5) is 0 Å². The molecule has 0 aromatic heterocycles. The predicted octanol–water partition coefficient (Wildman–Crippen LogP) is 3.82. The lowest BCUT2D eigenvalue weighted by Crippen LogP contribution is -2.05. The Bertz CT molecular complexity index is 177. The maximum Gasteiger partial charge on any atom is 0.330 e. The van der Waals surface area contributed by atoms with E-state index >= 15 is 0 Å². The van der Waals surface area contributed by atoms with Crippen LogP contribution >= 0.6 is 23.5 Å². The molecule has 0 radical (unpaired) electrons. The van der Waals surface area contributed by atoms with Crippen molar-refractivity contribution in [2.24, 2.45) is 0 Å². The molecular weight excluding hydrogens is 267 g/mol. The zero-order chi connectivity index (χ0) is 11.0. The highest BCUT2D eigenvalue weighted by Gasteiger charge is 2.23. The minimum Gasteiger partial charge on any atom is -0.309 e. The van der Waals surface area contributed by atoms with Crippen LogP contribution < -0.4 is 0 Å². The van der Waals surface area contributed by atoms with Gasteiger partial charge in [0.25, 0.3) is 0 Å². The second-order valence-electron chi connectivity index (χ2n) is 2.96. The van der Waals surface area contributed by atoms with Gasteiger partial charge < -0.3 is 9.05 Å². The summed E-state index contributed by atoms with van der Waals surface area (Å²) in [6.07, 6.45) is 2.35. The molecule has 0 spiro atoms. The van der Waals surface area contributed by atoms with E-state index in [1.165, 1.54) is 0 Å². The van der Waals surface area contributed by atoms with E-state index in [-0.39, 0.29) is 0 Å². The van der Waals surface area contributed by atoms with Gasteiger partial charge in [-0.1, -0.05) is 22.9 Å². The van der Waals surface area contributed by atoms with Crippen LogP contribution in [0, 0.1) is 0 Å². The van der Waals surface area contributed by atoms with Crippen molar-refractivity contribution in [2.75, 3.05) is 19.4 Å². The van der Waals surface area contributed by atoms with E-state index < -0.39 is 7.60 Å². The molecule has 1 atom stereocenters. The summed E-state index contributed by atoms with van der Waals surface area (Å²) in [5, 5.41) is 0. The Kier molecular flexibility index (Phi) is 8.22. The molecule has 0 aliphatic heterocycles. The van der Waals surface area contributed by atoms with E-state index in [9.17, 15) is 4.57 Å². The molecule has 0 saturated carbocycles. The summed E-state index contributed by atoms with van der Waals surface area (Å²) >= 11 is 3.50. The Morgan fingerprint density at radius 2 is 1.71 bits per heavy atom. The number of hydrogen-bond donors (Lipinski definition) is 0. The summed E-state index contributed by atoms with van der Waals surface area (Å²) in [6.45, 7) is 6.63. The molecular formula is C9H20BrO3P. The molecule has 0 saturated heterocycles. The van der Waals surface area contributed by atoms with E-state index in [1.807, 2.05) is 13.8 Å². The van der Waals surface area contributed by atoms with Crippen LogP contribution in [-0.2, 0) is 13.6 Å². The molecule has 0 rings (SSSR count). The van der Waals surface area contributed by atoms with Crippen molar-refractivity contribution in [3.8, 4) is 0 Å². The maximum atomic E-state index is 12.0. The third-order valence-corrected chi connectivity index (χ3v) is 5.03. The fraction of sp³-hybridized carbons (Fsp3) is 1.00. The Hall–Kier alpha value is 0.630. The Balaban J connectivity index is 4.02. The van der Waals surface area contributed by atoms with E-state index in [0.717, 1.165) is 12.8 Å². The standard InChI is InChI=1S/C9H20BrO3P/c1-4-9(10)7-8-14(11,12-5-2)13-6-3/h9H,4-8H2,1-3H3/t9-/m1/s1. The molecule has 0 aromatic rings. The third-order valence-electron chi connectivity index (χ3n) is 1.81. The first-order valence-corrected chi connectivity index (χ1v) is 7.74. The van der Waals surface area contributed by atoms with Crippen molar-refractivity contribution in [2.45, 2.75) is 38.4 Å². The van der Waals surface area contributed by atoms with Gasteiger partial charge in [0.05, 0.1) is 19.4 Å². The summed E-state index contributed by atoms with van der Waals surface area (Å²) < 4.78 is 22.3. The first-order chi connectivity index (χ1) is 6.58. The molecule has 5 heteroatoms. The normalized spacial score (nSPS) is 14.3. The van der Waals surface area contributed by atoms with Crippen molar-refractivity contribution in [1.82, 2.24) is 0 Å². The van der Waals surface area contributed by atoms with Crippen LogP contribution in [0.5, 0.6) is 0 Å². The topological polar surface area (TPSA) is 35.5 Å². The SMILES string of the molecule is CCOP(=O)(CC[C@H](Br)CC)OCC. The molecule has 0 aromatic carbocycles. The van der Waals surface area contributed by atoms with E-state index in [2.05, 4.69) is 22.9 Å². The largest absolute Gasteiger partial charge is 0.330 e. The molecule has 0 bridgehead atoms. The third kappa shape index (κ3) is 6.18. The van der Waals surface area contributed by atoms with Gasteiger partial charge in [-0.05, 0) is 26.7 Å². The quantitative estimate of drug-likeness (QED) is 0.503. The van der Waals surface area contributed by atoms with Gasteiger partial charge in [-0.3, -0.25) is 4.57 Å². The summed E-state index contributed by atoms with van der Waals surface area (Å²) in [6, 6.07) is 0. The zero-order valence-electron chi connectivity index (χ0n) is 9.16. The van der Waals surface area contributed by atoms with Crippen LogP contribution in [-0.4, -0.2) is 24.2 Å². The number of halogens is 1. The fourth-order valence-electron chi connectivity index (χ4n) is 1.06. The van der Waals surface area contributed by atoms with Gasteiger partial charge in [-0.15, -0.1) is 0 Å². The van der Waals surface area contributed by atoms with E-state index in [0.29, 0.717) is 24.2 Å². The first kappa shape index (κ1) is 14.6. The summed E-state index contributed by atoms with van der Waals surface area (Å²) in [4.78, 5) is 0.400. The summed E-state index contributed by atoms with van der Waals surface area (Å²) in [7, 11) is -2.82. The average molecular weight is 287 g/mol. The number of alkyl halides is 1. The molecule has 0 amide bonds. The smallest absolute Gasteiger partial charge is 0.309 e. The number of hydrogen-bond acceptors (Lipinski definition) is 3. The highest BCUT2D eigenvalue weighted by Crippen LogP contribution is 2.49. The molecule has 86 valence electrons. The predicted molar refractivity (Wildman–Crippen MR) is 63.3 cm³/mol. The molecule has 0 N–H and O–H groups in total. The Morgan fingerprint density at radius 1 is 1.21 bits per heavy atom. The van der Waals surface area contributed by atoms with Crippen molar-refractivity contribution >= 4 is 23.5 Å². The van der Waals surface area contributed by atoms with Crippen LogP contribution in [0.2, 0.25) is 0 Å². The second-order valence-corrected chi connectivity index (χ2v) is 6.44. The van der Waals surface area contributed by atoms with Gasteiger partial charge in [-0.2, -0.15) is 0 Å². The maximum absolute atomic E-state index is 12.0. The second kappa shape index (κ2) is 7.86. The summed E-state index contributed by atoms with van der Waals surface area (Å²) in [5.41, 5.74) is 0. The molecule has 0 aliphatic carbocycles. The van der Waals surface area contributed by atoms with Gasteiger partial charge in [0, 0.05) is 4.83 Å². The Morgan fingerprint density at radius 3 is 2.07 bits per heavy atom. The molecule has 0 unspecified atom stereocenters. The van der Waals surface area contributed by atoms with Gasteiger partial charge in [-0.25, -0.2) is 0 Å². The van der Waals surface area contributed by atoms with Crippen LogP contribution in [0.3, 0.4) is 0 Å². The van der Waals surface area contributed by atoms with Crippen molar-refractivity contribution in [3.63, 3.8) is 0 Å². The van der Waals surface area contributed by atoms with Gasteiger partial charge in [0.15, 0.2) is 0 Å². The highest BCUT2D eigenvalue weighted by atomic mass is 79.9. The number of rotatable bonds is 8. The molecule has 14 heavy (non-hydrogen) atoms. The zero-order valence-corrected chi connectivity index (χ0v) is 11.6. The van der Waals surface area contributed by atoms with Crippen molar-refractivity contribution < 1.29 is 13.6 Å². The van der Waals surface area contributed by atoms with Gasteiger partial charge >= 0.3 is 7.60 Å². The van der Waals surface area contributed by atoms with Crippen molar-refractivity contribution in [1.29, 1.82) is 0 Å². The van der Waals surface area contributed by atoms with Crippen LogP contribution in [0.15, 0.2) is 0 Å². The fourth-order valence-corrected chi connectivity index (χ4v) is 3.39. The monoisotopic (exact) mass is 286 g/mol. The molecule has 0 heterocycles. The van der Waals surface area contributed by atoms with Gasteiger partial charge in [0.2, 0.25) is 0 Å². The lowest BCUT2D eigenvalue weighted by atomic mass is 10.3. The van der Waals surface area contributed by atoms with E-state index in [4.69, 9.17) is 9.05 Å². The molecule has 3 nitrogen and oxygen atoms in total. The molecule has 0 aliphatic rings. The lowest BCUT2D eigenvalue weighted by Gasteiger charge is -2.17. The minimum absolute atomic E-state index is 0.400. The lowest BCUT2D eigenvalue weighted by molar-refractivity contribution is 0.219.